The number of nitrogens with one attached hydrogen (secondary N) is 1. The van der Waals surface area contributed by atoms with Crippen LogP contribution >= 0.6 is 0 Å². The predicted molar refractivity (Wildman–Crippen MR) is 68.6 cm³/mol. The molecule has 1 aliphatic heterocycles. The number of nitrogens with zero attached hydrogens (tertiary/aromatic N) is 3. The highest BCUT2D eigenvalue weighted by atomic mass is 15.2. The van der Waals surface area contributed by atoms with Crippen LogP contribution in [0.15, 0.2) is 6.33 Å². The van der Waals surface area contributed by atoms with Crippen molar-refractivity contribution in [1.29, 1.82) is 0 Å². The molecule has 0 amide bonds. The molecule has 2 atom stereocenters. The van der Waals surface area contributed by atoms with Crippen LogP contribution in [-0.2, 0) is 0 Å². The van der Waals surface area contributed by atoms with E-state index in [1.165, 1.54) is 23.5 Å². The van der Waals surface area contributed by atoms with Crippen LogP contribution in [0.25, 0.3) is 0 Å². The normalized spacial score (nSPS) is 28.2. The van der Waals surface area contributed by atoms with Crippen molar-refractivity contribution >= 4 is 5.82 Å². The Hall–Kier alpha value is -1.16. The summed E-state index contributed by atoms with van der Waals surface area (Å²) < 4.78 is 0. The summed E-state index contributed by atoms with van der Waals surface area (Å²) in [5, 5.41) is 3.39. The fraction of sp³-hybridized carbons (Fsp3) is 0.692. The summed E-state index contributed by atoms with van der Waals surface area (Å²) in [6.45, 7) is 8.81. The maximum absolute atomic E-state index is 4.55. The summed E-state index contributed by atoms with van der Waals surface area (Å²) >= 11 is 0. The molecule has 0 unspecified atom stereocenters. The summed E-state index contributed by atoms with van der Waals surface area (Å²) in [5.74, 6) is 2.38. The Morgan fingerprint density at radius 3 is 2.71 bits per heavy atom. The van der Waals surface area contributed by atoms with Gasteiger partial charge in [0.25, 0.3) is 0 Å². The van der Waals surface area contributed by atoms with E-state index in [1.807, 2.05) is 0 Å². The zero-order valence-electron chi connectivity index (χ0n) is 10.6. The third-order valence-electron chi connectivity index (χ3n) is 3.98. The molecule has 0 radical (unpaired) electrons. The van der Waals surface area contributed by atoms with Crippen molar-refractivity contribution in [3.8, 4) is 0 Å². The molecule has 1 N–H and O–H groups in total. The second kappa shape index (κ2) is 4.26. The minimum absolute atomic E-state index is 0.588. The zero-order valence-corrected chi connectivity index (χ0v) is 10.6. The highest BCUT2D eigenvalue weighted by Crippen LogP contribution is 2.43. The first-order valence-electron chi connectivity index (χ1n) is 6.58. The fourth-order valence-electron chi connectivity index (χ4n) is 3.15. The molecule has 0 bridgehead atoms. The number of hydrogen-bond donors (Lipinski definition) is 1. The van der Waals surface area contributed by atoms with E-state index in [1.54, 1.807) is 6.33 Å². The lowest BCUT2D eigenvalue weighted by Gasteiger charge is -2.30. The van der Waals surface area contributed by atoms with E-state index in [9.17, 15) is 0 Å². The Balaban J connectivity index is 2.00. The smallest absolute Gasteiger partial charge is 0.135 e. The molecule has 2 aliphatic rings. The molecule has 4 nitrogen and oxygen atoms in total. The van der Waals surface area contributed by atoms with Crippen molar-refractivity contribution in [2.75, 3.05) is 31.1 Å². The van der Waals surface area contributed by atoms with Crippen LogP contribution in [0.4, 0.5) is 5.82 Å². The number of fused-ring (bicyclic) bond motifs is 1. The Morgan fingerprint density at radius 1 is 1.18 bits per heavy atom. The van der Waals surface area contributed by atoms with Gasteiger partial charge >= 0.3 is 0 Å². The molecule has 1 aromatic rings. The summed E-state index contributed by atoms with van der Waals surface area (Å²) in [7, 11) is 0. The first-order valence-corrected chi connectivity index (χ1v) is 6.58. The largest absolute Gasteiger partial charge is 0.354 e. The number of hydrogen-bond acceptors (Lipinski definition) is 4. The lowest BCUT2D eigenvalue weighted by atomic mass is 10.0. The molecular formula is C13H20N4. The van der Waals surface area contributed by atoms with Crippen molar-refractivity contribution in [2.45, 2.75) is 32.1 Å². The molecule has 2 heterocycles. The van der Waals surface area contributed by atoms with Crippen LogP contribution in [0, 0.1) is 0 Å². The molecule has 0 aromatic carbocycles. The SMILES string of the molecule is C[C@@H]1C[C@@H](C)c2c1ncnc2N1CCNCC1. The van der Waals surface area contributed by atoms with Gasteiger partial charge in [0.2, 0.25) is 0 Å². The minimum atomic E-state index is 0.588. The Labute approximate surface area is 102 Å². The Morgan fingerprint density at radius 2 is 1.94 bits per heavy atom. The quantitative estimate of drug-likeness (QED) is 0.796. The molecule has 0 spiro atoms. The third kappa shape index (κ3) is 1.80. The molecule has 1 aliphatic carbocycles. The molecule has 1 saturated heterocycles. The van der Waals surface area contributed by atoms with Crippen molar-refractivity contribution in [2.24, 2.45) is 0 Å². The molecule has 0 saturated carbocycles. The van der Waals surface area contributed by atoms with Gasteiger partial charge in [-0.25, -0.2) is 9.97 Å². The molecule has 4 heteroatoms. The van der Waals surface area contributed by atoms with Crippen LogP contribution < -0.4 is 10.2 Å². The number of piperazine rings is 1. The first-order chi connectivity index (χ1) is 8.27. The van der Waals surface area contributed by atoms with Crippen molar-refractivity contribution < 1.29 is 0 Å². The van der Waals surface area contributed by atoms with E-state index in [4.69, 9.17) is 0 Å². The van der Waals surface area contributed by atoms with E-state index < -0.39 is 0 Å². The highest BCUT2D eigenvalue weighted by Gasteiger charge is 2.31. The van der Waals surface area contributed by atoms with Crippen LogP contribution in [0.3, 0.4) is 0 Å². The standard InChI is InChI=1S/C13H20N4/c1-9-7-10(2)12-11(9)13(16-8-15-12)17-5-3-14-4-6-17/h8-10,14H,3-7H2,1-2H3/t9-,10-/m1/s1. The van der Waals surface area contributed by atoms with E-state index in [2.05, 4.69) is 34.0 Å². The Bertz CT molecular complexity index is 412. The summed E-state index contributed by atoms with van der Waals surface area (Å²) in [6.07, 6.45) is 2.96. The maximum atomic E-state index is 4.55. The van der Waals surface area contributed by atoms with Gasteiger partial charge in [-0.2, -0.15) is 0 Å². The van der Waals surface area contributed by atoms with Gasteiger partial charge < -0.3 is 10.2 Å². The monoisotopic (exact) mass is 232 g/mol. The molecular weight excluding hydrogens is 212 g/mol. The summed E-state index contributed by atoms with van der Waals surface area (Å²) in [4.78, 5) is 11.4. The maximum Gasteiger partial charge on any atom is 0.135 e. The van der Waals surface area contributed by atoms with Gasteiger partial charge in [-0.1, -0.05) is 13.8 Å². The predicted octanol–water partition coefficient (Wildman–Crippen LogP) is 1.50. The van der Waals surface area contributed by atoms with E-state index in [-0.39, 0.29) is 0 Å². The Kier molecular flexibility index (Phi) is 2.74. The minimum Gasteiger partial charge on any atom is -0.354 e. The van der Waals surface area contributed by atoms with Crippen molar-refractivity contribution in [1.82, 2.24) is 15.3 Å². The lowest BCUT2D eigenvalue weighted by molar-refractivity contribution is 0.580. The fourth-order valence-corrected chi connectivity index (χ4v) is 3.15. The molecule has 92 valence electrons. The molecule has 1 aromatic heterocycles. The van der Waals surface area contributed by atoms with Gasteiger partial charge in [0.15, 0.2) is 0 Å². The van der Waals surface area contributed by atoms with E-state index >= 15 is 0 Å². The molecule has 17 heavy (non-hydrogen) atoms. The van der Waals surface area contributed by atoms with Crippen LogP contribution in [-0.4, -0.2) is 36.1 Å². The topological polar surface area (TPSA) is 41.1 Å². The van der Waals surface area contributed by atoms with Crippen LogP contribution in [0.1, 0.15) is 43.4 Å². The van der Waals surface area contributed by atoms with Gasteiger partial charge in [-0.15, -0.1) is 0 Å². The average Bonchev–Trinajstić information content (AvgIpc) is 2.66. The van der Waals surface area contributed by atoms with Gasteiger partial charge in [0.05, 0.1) is 5.69 Å². The second-order valence-corrected chi connectivity index (χ2v) is 5.27. The van der Waals surface area contributed by atoms with Crippen molar-refractivity contribution in [3.63, 3.8) is 0 Å². The number of anilines is 1. The average molecular weight is 232 g/mol. The molecule has 1 fully saturated rings. The summed E-state index contributed by atoms with van der Waals surface area (Å²) in [6, 6.07) is 0. The van der Waals surface area contributed by atoms with Gasteiger partial charge in [0, 0.05) is 31.7 Å². The highest BCUT2D eigenvalue weighted by molar-refractivity contribution is 5.53. The van der Waals surface area contributed by atoms with Crippen molar-refractivity contribution in [3.05, 3.63) is 17.6 Å². The molecule has 3 rings (SSSR count). The van der Waals surface area contributed by atoms with Gasteiger partial charge in [-0.05, 0) is 18.3 Å². The number of rotatable bonds is 1. The zero-order chi connectivity index (χ0) is 11.8. The van der Waals surface area contributed by atoms with Crippen LogP contribution in [0.2, 0.25) is 0 Å². The van der Waals surface area contributed by atoms with E-state index in [0.29, 0.717) is 11.8 Å². The van der Waals surface area contributed by atoms with Gasteiger partial charge in [-0.3, -0.25) is 0 Å². The third-order valence-corrected chi connectivity index (χ3v) is 3.98. The van der Waals surface area contributed by atoms with Gasteiger partial charge in [0.1, 0.15) is 12.1 Å². The van der Waals surface area contributed by atoms with E-state index in [0.717, 1.165) is 26.2 Å². The second-order valence-electron chi connectivity index (χ2n) is 5.27. The summed E-state index contributed by atoms with van der Waals surface area (Å²) in [5.41, 5.74) is 2.68. The van der Waals surface area contributed by atoms with Crippen LogP contribution in [0.5, 0.6) is 0 Å². The first kappa shape index (κ1) is 11.0. The number of aromatic nitrogens is 2. The lowest BCUT2D eigenvalue weighted by Crippen LogP contribution is -2.44.